The van der Waals surface area contributed by atoms with Crippen LogP contribution < -0.4 is 14.8 Å². The first-order valence-corrected chi connectivity index (χ1v) is 8.19. The number of rotatable bonds is 7. The topological polar surface area (TPSA) is 50.8 Å². The number of carbonyl (C=O) groups excluding carboxylic acids is 1. The summed E-state index contributed by atoms with van der Waals surface area (Å²) in [6.07, 6.45) is 0. The van der Waals surface area contributed by atoms with E-state index in [0.717, 1.165) is 30.2 Å². The molecule has 0 aromatic heterocycles. The molecular weight excluding hydrogens is 316 g/mol. The lowest BCUT2D eigenvalue weighted by atomic mass is 10.1. The van der Waals surface area contributed by atoms with Gasteiger partial charge in [0, 0.05) is 25.7 Å². The van der Waals surface area contributed by atoms with Crippen molar-refractivity contribution in [3.63, 3.8) is 0 Å². The average molecular weight is 342 g/mol. The van der Waals surface area contributed by atoms with E-state index in [9.17, 15) is 4.79 Å². The quantitative estimate of drug-likeness (QED) is 0.840. The third kappa shape index (κ3) is 4.73. The fourth-order valence-electron chi connectivity index (χ4n) is 2.76. The molecule has 5 heteroatoms. The van der Waals surface area contributed by atoms with Crippen molar-refractivity contribution in [1.29, 1.82) is 0 Å². The predicted octanol–water partition coefficient (Wildman–Crippen LogP) is 3.00. The molecule has 134 valence electrons. The summed E-state index contributed by atoms with van der Waals surface area (Å²) < 4.78 is 10.7. The maximum absolute atomic E-state index is 11.6. The van der Waals surface area contributed by atoms with Gasteiger partial charge in [0.2, 0.25) is 0 Å². The predicted molar refractivity (Wildman–Crippen MR) is 99.3 cm³/mol. The van der Waals surface area contributed by atoms with Crippen molar-refractivity contribution in [2.24, 2.45) is 0 Å². The fourth-order valence-corrected chi connectivity index (χ4v) is 2.76. The molecule has 2 aromatic rings. The smallest absolute Gasteiger partial charge is 0.251 e. The van der Waals surface area contributed by atoms with Crippen LogP contribution in [0.4, 0.5) is 0 Å². The first-order valence-electron chi connectivity index (χ1n) is 8.19. The van der Waals surface area contributed by atoms with Crippen LogP contribution in [0.1, 0.15) is 27.0 Å². The van der Waals surface area contributed by atoms with Crippen LogP contribution in [0.25, 0.3) is 0 Å². The molecule has 0 radical (unpaired) electrons. The number of ether oxygens (including phenoxy) is 2. The number of amides is 1. The number of methoxy groups -OCH3 is 2. The van der Waals surface area contributed by atoms with Crippen LogP contribution in [0, 0.1) is 6.92 Å². The van der Waals surface area contributed by atoms with Crippen molar-refractivity contribution in [1.82, 2.24) is 10.2 Å². The molecule has 1 amide bonds. The Kier molecular flexibility index (Phi) is 6.42. The molecule has 5 nitrogen and oxygen atoms in total. The summed E-state index contributed by atoms with van der Waals surface area (Å²) in [4.78, 5) is 13.8. The van der Waals surface area contributed by atoms with Gasteiger partial charge < -0.3 is 14.8 Å². The van der Waals surface area contributed by atoms with Crippen molar-refractivity contribution in [2.75, 3.05) is 28.3 Å². The average Bonchev–Trinajstić information content (AvgIpc) is 2.62. The van der Waals surface area contributed by atoms with Crippen LogP contribution in [0.15, 0.2) is 36.4 Å². The molecule has 0 unspecified atom stereocenters. The molecule has 0 spiro atoms. The van der Waals surface area contributed by atoms with E-state index in [1.54, 1.807) is 21.3 Å². The molecule has 25 heavy (non-hydrogen) atoms. The number of hydrogen-bond donors (Lipinski definition) is 1. The van der Waals surface area contributed by atoms with Gasteiger partial charge in [0.15, 0.2) is 11.5 Å². The molecule has 2 aromatic carbocycles. The fraction of sp³-hybridized carbons (Fsp3) is 0.350. The zero-order chi connectivity index (χ0) is 18.4. The number of aryl methyl sites for hydroxylation is 1. The first-order chi connectivity index (χ1) is 12.0. The summed E-state index contributed by atoms with van der Waals surface area (Å²) in [5.41, 5.74) is 4.19. The molecule has 1 N–H and O–H groups in total. The summed E-state index contributed by atoms with van der Waals surface area (Å²) in [6.45, 7) is 3.66. The molecule has 0 saturated carbocycles. The maximum atomic E-state index is 11.6. The Morgan fingerprint density at radius 1 is 1.04 bits per heavy atom. The molecule has 0 aliphatic heterocycles. The summed E-state index contributed by atoms with van der Waals surface area (Å²) in [5.74, 6) is 1.42. The van der Waals surface area contributed by atoms with Crippen LogP contribution in [0.5, 0.6) is 11.5 Å². The van der Waals surface area contributed by atoms with Gasteiger partial charge in [0.05, 0.1) is 14.2 Å². The molecule has 0 aliphatic carbocycles. The van der Waals surface area contributed by atoms with Crippen LogP contribution in [0.3, 0.4) is 0 Å². The van der Waals surface area contributed by atoms with E-state index >= 15 is 0 Å². The highest BCUT2D eigenvalue weighted by Gasteiger charge is 2.11. The number of nitrogens with zero attached hydrogens (tertiary/aromatic N) is 1. The molecular formula is C20H26N2O3. The van der Waals surface area contributed by atoms with Crippen LogP contribution >= 0.6 is 0 Å². The molecule has 0 aliphatic rings. The SMILES string of the molecule is CNC(=O)c1ccc(CN(C)Cc2cc(OC)c(OC)cc2C)cc1. The van der Waals surface area contributed by atoms with E-state index in [4.69, 9.17) is 9.47 Å². The van der Waals surface area contributed by atoms with Gasteiger partial charge in [0.25, 0.3) is 5.91 Å². The van der Waals surface area contributed by atoms with Gasteiger partial charge >= 0.3 is 0 Å². The van der Waals surface area contributed by atoms with Gasteiger partial charge in [-0.2, -0.15) is 0 Å². The normalized spacial score (nSPS) is 10.6. The van der Waals surface area contributed by atoms with Crippen molar-refractivity contribution in [3.05, 3.63) is 58.7 Å². The Morgan fingerprint density at radius 2 is 1.64 bits per heavy atom. The lowest BCUT2D eigenvalue weighted by Crippen LogP contribution is -2.19. The zero-order valence-corrected chi connectivity index (χ0v) is 15.6. The summed E-state index contributed by atoms with van der Waals surface area (Å²) in [5, 5.41) is 2.63. The number of carbonyl (C=O) groups is 1. The second kappa shape index (κ2) is 8.53. The van der Waals surface area contributed by atoms with Crippen LogP contribution in [-0.4, -0.2) is 39.1 Å². The van der Waals surface area contributed by atoms with E-state index in [2.05, 4.69) is 24.2 Å². The van der Waals surface area contributed by atoms with E-state index in [-0.39, 0.29) is 5.91 Å². The van der Waals surface area contributed by atoms with Gasteiger partial charge in [-0.25, -0.2) is 0 Å². The maximum Gasteiger partial charge on any atom is 0.251 e. The van der Waals surface area contributed by atoms with Crippen LogP contribution in [0.2, 0.25) is 0 Å². The summed E-state index contributed by atoms with van der Waals surface area (Å²) in [6, 6.07) is 11.7. The third-order valence-corrected chi connectivity index (χ3v) is 4.18. The molecule has 0 fully saturated rings. The Hall–Kier alpha value is -2.53. The monoisotopic (exact) mass is 342 g/mol. The van der Waals surface area contributed by atoms with Crippen molar-refractivity contribution in [3.8, 4) is 11.5 Å². The molecule has 0 heterocycles. The summed E-state index contributed by atoms with van der Waals surface area (Å²) >= 11 is 0. The second-order valence-electron chi connectivity index (χ2n) is 6.08. The van der Waals surface area contributed by atoms with Crippen molar-refractivity contribution < 1.29 is 14.3 Å². The molecule has 0 saturated heterocycles. The van der Waals surface area contributed by atoms with Gasteiger partial charge in [-0.05, 0) is 54.9 Å². The third-order valence-electron chi connectivity index (χ3n) is 4.18. The minimum atomic E-state index is -0.0687. The molecule has 2 rings (SSSR count). The van der Waals surface area contributed by atoms with Crippen LogP contribution in [-0.2, 0) is 13.1 Å². The minimum Gasteiger partial charge on any atom is -0.493 e. The van der Waals surface area contributed by atoms with E-state index in [0.29, 0.717) is 5.56 Å². The first kappa shape index (κ1) is 18.8. The van der Waals surface area contributed by atoms with E-state index in [1.165, 1.54) is 11.1 Å². The Bertz CT molecular complexity index is 726. The van der Waals surface area contributed by atoms with Gasteiger partial charge in [0.1, 0.15) is 0 Å². The Balaban J connectivity index is 2.07. The minimum absolute atomic E-state index is 0.0687. The van der Waals surface area contributed by atoms with E-state index < -0.39 is 0 Å². The molecule has 0 atom stereocenters. The number of benzene rings is 2. The largest absolute Gasteiger partial charge is 0.493 e. The van der Waals surface area contributed by atoms with Crippen molar-refractivity contribution >= 4 is 5.91 Å². The van der Waals surface area contributed by atoms with Gasteiger partial charge in [-0.1, -0.05) is 12.1 Å². The highest BCUT2D eigenvalue weighted by Crippen LogP contribution is 2.30. The number of nitrogens with one attached hydrogen (secondary N) is 1. The Morgan fingerprint density at radius 3 is 2.20 bits per heavy atom. The number of hydrogen-bond acceptors (Lipinski definition) is 4. The highest BCUT2D eigenvalue weighted by molar-refractivity contribution is 5.93. The van der Waals surface area contributed by atoms with Gasteiger partial charge in [-0.15, -0.1) is 0 Å². The Labute approximate surface area is 149 Å². The van der Waals surface area contributed by atoms with Gasteiger partial charge in [-0.3, -0.25) is 9.69 Å². The van der Waals surface area contributed by atoms with Crippen molar-refractivity contribution in [2.45, 2.75) is 20.0 Å². The molecule has 0 bridgehead atoms. The zero-order valence-electron chi connectivity index (χ0n) is 15.6. The lowest BCUT2D eigenvalue weighted by Gasteiger charge is -2.20. The second-order valence-corrected chi connectivity index (χ2v) is 6.08. The standard InChI is InChI=1S/C20H26N2O3/c1-14-10-18(24-4)19(25-5)11-17(14)13-22(3)12-15-6-8-16(9-7-15)20(23)21-2/h6-11H,12-13H2,1-5H3,(H,21,23). The highest BCUT2D eigenvalue weighted by atomic mass is 16.5. The van der Waals surface area contributed by atoms with E-state index in [1.807, 2.05) is 36.4 Å². The summed E-state index contributed by atoms with van der Waals surface area (Å²) in [7, 11) is 7.00. The lowest BCUT2D eigenvalue weighted by molar-refractivity contribution is 0.0963.